The second-order valence-electron chi connectivity index (χ2n) is 6.31. The number of rotatable bonds is 9. The van der Waals surface area contributed by atoms with E-state index in [0.717, 1.165) is 5.16 Å². The van der Waals surface area contributed by atoms with Crippen LogP contribution in [0.15, 0.2) is 59.8 Å². The zero-order valence-electron chi connectivity index (χ0n) is 16.7. The predicted octanol–water partition coefficient (Wildman–Crippen LogP) is 3.49. The van der Waals surface area contributed by atoms with Crippen LogP contribution < -0.4 is 14.8 Å². The number of carbonyl (C=O) groups is 1. The molecule has 1 amide bonds. The molecule has 1 heterocycles. The van der Waals surface area contributed by atoms with Gasteiger partial charge in [-0.25, -0.2) is 0 Å². The van der Waals surface area contributed by atoms with Gasteiger partial charge in [-0.2, -0.15) is 0 Å². The van der Waals surface area contributed by atoms with Crippen molar-refractivity contribution in [2.24, 2.45) is 7.05 Å². The summed E-state index contributed by atoms with van der Waals surface area (Å²) >= 11 is 1.54. The van der Waals surface area contributed by atoms with Gasteiger partial charge in [0.25, 0.3) is 5.91 Å². The summed E-state index contributed by atoms with van der Waals surface area (Å²) in [7, 11) is 3.51. The Bertz CT molecular complexity index is 946. The van der Waals surface area contributed by atoms with Crippen molar-refractivity contribution in [3.63, 3.8) is 0 Å². The van der Waals surface area contributed by atoms with Gasteiger partial charge in [0, 0.05) is 18.4 Å². The van der Waals surface area contributed by atoms with E-state index in [1.165, 1.54) is 0 Å². The van der Waals surface area contributed by atoms with Gasteiger partial charge in [0.05, 0.1) is 19.8 Å². The van der Waals surface area contributed by atoms with E-state index in [-0.39, 0.29) is 11.9 Å². The van der Waals surface area contributed by atoms with E-state index in [2.05, 4.69) is 15.5 Å². The Hall–Kier alpha value is -3.00. The summed E-state index contributed by atoms with van der Waals surface area (Å²) in [5, 5.41) is 12.2. The van der Waals surface area contributed by atoms with Crippen LogP contribution in [0, 0.1) is 0 Å². The second-order valence-corrected chi connectivity index (χ2v) is 7.37. The van der Waals surface area contributed by atoms with E-state index in [9.17, 15) is 4.79 Å². The molecule has 1 atom stereocenters. The van der Waals surface area contributed by atoms with Crippen molar-refractivity contribution in [2.75, 3.05) is 19.5 Å². The SMILES string of the molecule is COc1ccccc1OCCSc1nnc([C@@H](C)NC(=O)c2ccccc2)n1C. The zero-order valence-corrected chi connectivity index (χ0v) is 17.5. The van der Waals surface area contributed by atoms with Crippen molar-refractivity contribution in [2.45, 2.75) is 18.1 Å². The third kappa shape index (κ3) is 5.29. The lowest BCUT2D eigenvalue weighted by molar-refractivity contribution is 0.0937. The fraction of sp³-hybridized carbons (Fsp3) is 0.286. The molecular weight excluding hydrogens is 388 g/mol. The molecule has 0 bridgehead atoms. The van der Waals surface area contributed by atoms with Crippen molar-refractivity contribution in [1.82, 2.24) is 20.1 Å². The van der Waals surface area contributed by atoms with Crippen molar-refractivity contribution in [3.8, 4) is 11.5 Å². The number of aromatic nitrogens is 3. The molecule has 152 valence electrons. The maximum absolute atomic E-state index is 12.3. The average Bonchev–Trinajstić information content (AvgIpc) is 3.12. The smallest absolute Gasteiger partial charge is 0.251 e. The summed E-state index contributed by atoms with van der Waals surface area (Å²) in [6.07, 6.45) is 0. The topological polar surface area (TPSA) is 78.3 Å². The van der Waals surface area contributed by atoms with Crippen LogP contribution in [0.3, 0.4) is 0 Å². The first-order valence-corrected chi connectivity index (χ1v) is 10.2. The van der Waals surface area contributed by atoms with Gasteiger partial charge < -0.3 is 19.4 Å². The number of para-hydroxylation sites is 2. The van der Waals surface area contributed by atoms with Crippen molar-refractivity contribution in [3.05, 3.63) is 66.0 Å². The number of nitrogens with one attached hydrogen (secondary N) is 1. The quantitative estimate of drug-likeness (QED) is 0.428. The highest BCUT2D eigenvalue weighted by Gasteiger charge is 2.18. The molecule has 0 spiro atoms. The molecule has 0 aliphatic rings. The van der Waals surface area contributed by atoms with Crippen LogP contribution in [0.2, 0.25) is 0 Å². The molecule has 0 fully saturated rings. The molecule has 0 radical (unpaired) electrons. The van der Waals surface area contributed by atoms with Crippen molar-refractivity contribution in [1.29, 1.82) is 0 Å². The first-order chi connectivity index (χ1) is 14.1. The number of benzene rings is 2. The zero-order chi connectivity index (χ0) is 20.6. The molecule has 8 heteroatoms. The average molecular weight is 413 g/mol. The second kappa shape index (κ2) is 9.97. The highest BCUT2D eigenvalue weighted by atomic mass is 32.2. The molecule has 0 unspecified atom stereocenters. The predicted molar refractivity (Wildman–Crippen MR) is 113 cm³/mol. The molecule has 0 aliphatic heterocycles. The highest BCUT2D eigenvalue weighted by molar-refractivity contribution is 7.99. The van der Waals surface area contributed by atoms with Crippen molar-refractivity contribution < 1.29 is 14.3 Å². The van der Waals surface area contributed by atoms with Crippen LogP contribution in [0.25, 0.3) is 0 Å². The van der Waals surface area contributed by atoms with Crippen LogP contribution in [0.4, 0.5) is 0 Å². The summed E-state index contributed by atoms with van der Waals surface area (Å²) < 4.78 is 13.0. The molecule has 0 saturated heterocycles. The summed E-state index contributed by atoms with van der Waals surface area (Å²) in [6.45, 7) is 2.40. The molecule has 29 heavy (non-hydrogen) atoms. The van der Waals surface area contributed by atoms with Gasteiger partial charge in [-0.1, -0.05) is 42.1 Å². The first-order valence-electron chi connectivity index (χ1n) is 9.24. The van der Waals surface area contributed by atoms with Gasteiger partial charge in [0.15, 0.2) is 22.5 Å². The maximum atomic E-state index is 12.3. The Labute approximate surface area is 174 Å². The molecule has 0 aliphatic carbocycles. The Balaban J connectivity index is 1.53. The lowest BCUT2D eigenvalue weighted by Crippen LogP contribution is -2.28. The van der Waals surface area contributed by atoms with Crippen LogP contribution in [0.5, 0.6) is 11.5 Å². The molecule has 3 rings (SSSR count). The Kier molecular flexibility index (Phi) is 7.13. The normalized spacial score (nSPS) is 11.7. The number of ether oxygens (including phenoxy) is 2. The number of nitrogens with zero attached hydrogens (tertiary/aromatic N) is 3. The number of thioether (sulfide) groups is 1. The molecule has 7 nitrogen and oxygen atoms in total. The minimum absolute atomic E-state index is 0.138. The molecule has 2 aromatic carbocycles. The Morgan fingerprint density at radius 3 is 2.52 bits per heavy atom. The van der Waals surface area contributed by atoms with Crippen LogP contribution in [-0.2, 0) is 7.05 Å². The fourth-order valence-corrected chi connectivity index (χ4v) is 3.52. The van der Waals surface area contributed by atoms with Crippen LogP contribution in [0.1, 0.15) is 29.1 Å². The third-order valence-corrected chi connectivity index (χ3v) is 5.27. The molecule has 0 saturated carbocycles. The summed E-state index contributed by atoms with van der Waals surface area (Å²) in [4.78, 5) is 12.3. The monoisotopic (exact) mass is 412 g/mol. The number of hydrogen-bond acceptors (Lipinski definition) is 6. The van der Waals surface area contributed by atoms with E-state index in [1.807, 2.05) is 61.0 Å². The first kappa shape index (κ1) is 20.7. The Morgan fingerprint density at radius 2 is 1.79 bits per heavy atom. The molecular formula is C21H24N4O3S. The summed E-state index contributed by atoms with van der Waals surface area (Å²) in [6, 6.07) is 16.4. The van der Waals surface area contributed by atoms with Gasteiger partial charge in [-0.15, -0.1) is 10.2 Å². The lowest BCUT2D eigenvalue weighted by Gasteiger charge is -2.13. The van der Waals surface area contributed by atoms with Gasteiger partial charge in [-0.3, -0.25) is 4.79 Å². The largest absolute Gasteiger partial charge is 0.493 e. The molecule has 3 aromatic rings. The highest BCUT2D eigenvalue weighted by Crippen LogP contribution is 2.26. The van der Waals surface area contributed by atoms with E-state index in [1.54, 1.807) is 31.0 Å². The number of methoxy groups -OCH3 is 1. The lowest BCUT2D eigenvalue weighted by atomic mass is 10.2. The van der Waals surface area contributed by atoms with Gasteiger partial charge in [0.1, 0.15) is 0 Å². The fourth-order valence-electron chi connectivity index (χ4n) is 2.79. The van der Waals surface area contributed by atoms with E-state index >= 15 is 0 Å². The third-order valence-electron chi connectivity index (χ3n) is 4.28. The minimum Gasteiger partial charge on any atom is -0.493 e. The van der Waals surface area contributed by atoms with Crippen molar-refractivity contribution >= 4 is 17.7 Å². The maximum Gasteiger partial charge on any atom is 0.251 e. The minimum atomic E-state index is -0.264. The molecule has 1 aromatic heterocycles. The van der Waals surface area contributed by atoms with Gasteiger partial charge in [-0.05, 0) is 31.2 Å². The van der Waals surface area contributed by atoms with E-state index in [4.69, 9.17) is 9.47 Å². The standard InChI is InChI=1S/C21H24N4O3S/c1-15(22-20(26)16-9-5-4-6-10-16)19-23-24-21(25(19)2)29-14-13-28-18-12-8-7-11-17(18)27-3/h4-12,15H,13-14H2,1-3H3,(H,22,26)/t15-/m1/s1. The Morgan fingerprint density at radius 1 is 1.10 bits per heavy atom. The molecule has 1 N–H and O–H groups in total. The van der Waals surface area contributed by atoms with E-state index < -0.39 is 0 Å². The summed E-state index contributed by atoms with van der Waals surface area (Å²) in [5.74, 6) is 2.69. The number of hydrogen-bond donors (Lipinski definition) is 1. The van der Waals surface area contributed by atoms with Gasteiger partial charge >= 0.3 is 0 Å². The van der Waals surface area contributed by atoms with Crippen LogP contribution >= 0.6 is 11.8 Å². The van der Waals surface area contributed by atoms with Gasteiger partial charge in [0.2, 0.25) is 0 Å². The van der Waals surface area contributed by atoms with Crippen LogP contribution in [-0.4, -0.2) is 40.1 Å². The number of amides is 1. The van der Waals surface area contributed by atoms with E-state index in [0.29, 0.717) is 35.2 Å². The number of carbonyl (C=O) groups excluding carboxylic acids is 1. The summed E-state index contributed by atoms with van der Waals surface area (Å²) in [5.41, 5.74) is 0.615.